The molecule has 1 heterocycles. The van der Waals surface area contributed by atoms with Gasteiger partial charge in [0.15, 0.2) is 6.10 Å². The van der Waals surface area contributed by atoms with Gasteiger partial charge in [-0.25, -0.2) is 12.8 Å². The van der Waals surface area contributed by atoms with Crippen molar-refractivity contribution in [1.82, 2.24) is 5.32 Å². The minimum Gasteiger partial charge on any atom is -0.476 e. The molecule has 0 spiro atoms. The first-order valence-electron chi connectivity index (χ1n) is 9.81. The van der Waals surface area contributed by atoms with Crippen LogP contribution in [-0.4, -0.2) is 33.5 Å². The van der Waals surface area contributed by atoms with Gasteiger partial charge in [0, 0.05) is 6.54 Å². The third kappa shape index (κ3) is 4.54. The lowest BCUT2D eigenvalue weighted by Gasteiger charge is -2.34. The number of nitrogens with one attached hydrogen (secondary N) is 1. The third-order valence-corrected chi connectivity index (χ3v) is 6.78. The number of anilines is 1. The smallest absolute Gasteiger partial charge is 0.264 e. The molecule has 0 unspecified atom stereocenters. The van der Waals surface area contributed by atoms with Gasteiger partial charge in [0.05, 0.1) is 17.1 Å². The number of hydrogen-bond donors (Lipinski definition) is 1. The van der Waals surface area contributed by atoms with Crippen molar-refractivity contribution in [2.75, 3.05) is 17.4 Å². The van der Waals surface area contributed by atoms with E-state index < -0.39 is 27.9 Å². The van der Waals surface area contributed by atoms with Gasteiger partial charge in [-0.3, -0.25) is 9.10 Å². The highest BCUT2D eigenvalue weighted by molar-refractivity contribution is 7.92. The predicted octanol–water partition coefficient (Wildman–Crippen LogP) is 3.14. The van der Waals surface area contributed by atoms with Crippen LogP contribution < -0.4 is 14.4 Å². The number of hydrogen-bond acceptors (Lipinski definition) is 4. The highest BCUT2D eigenvalue weighted by Gasteiger charge is 2.37. The van der Waals surface area contributed by atoms with Crippen LogP contribution in [0.1, 0.15) is 5.56 Å². The molecule has 1 aliphatic rings. The van der Waals surface area contributed by atoms with E-state index >= 15 is 0 Å². The fraction of sp³-hybridized carbons (Fsp3) is 0.174. The molecule has 1 amide bonds. The zero-order valence-corrected chi connectivity index (χ0v) is 17.4. The summed E-state index contributed by atoms with van der Waals surface area (Å²) in [6.45, 7) is 0.211. The van der Waals surface area contributed by atoms with E-state index in [4.69, 9.17) is 4.74 Å². The number of rotatable bonds is 6. The first-order chi connectivity index (χ1) is 14.9. The van der Waals surface area contributed by atoms with Crippen LogP contribution >= 0.6 is 0 Å². The maximum atomic E-state index is 13.3. The monoisotopic (exact) mass is 440 g/mol. The summed E-state index contributed by atoms with van der Waals surface area (Å²) < 4.78 is 46.7. The molecule has 3 aromatic carbocycles. The van der Waals surface area contributed by atoms with E-state index in [-0.39, 0.29) is 11.4 Å². The van der Waals surface area contributed by atoms with Crippen molar-refractivity contribution in [2.24, 2.45) is 0 Å². The number of amides is 1. The summed E-state index contributed by atoms with van der Waals surface area (Å²) in [5.74, 6) is -0.635. The van der Waals surface area contributed by atoms with Gasteiger partial charge in [-0.2, -0.15) is 0 Å². The normalized spacial score (nSPS) is 15.6. The molecule has 160 valence electrons. The number of nitrogens with zero attached hydrogens (tertiary/aromatic N) is 1. The Morgan fingerprint density at radius 2 is 1.68 bits per heavy atom. The van der Waals surface area contributed by atoms with E-state index in [1.807, 2.05) is 30.3 Å². The number of carbonyl (C=O) groups excluding carboxylic acids is 1. The molecule has 1 aliphatic heterocycles. The Balaban J connectivity index is 1.54. The van der Waals surface area contributed by atoms with E-state index in [0.29, 0.717) is 24.4 Å². The van der Waals surface area contributed by atoms with Gasteiger partial charge in [0.2, 0.25) is 0 Å². The molecule has 31 heavy (non-hydrogen) atoms. The second-order valence-electron chi connectivity index (χ2n) is 7.09. The molecule has 3 aromatic rings. The molecule has 4 rings (SSSR count). The van der Waals surface area contributed by atoms with E-state index in [1.165, 1.54) is 12.1 Å². The van der Waals surface area contributed by atoms with Crippen molar-refractivity contribution in [2.45, 2.75) is 17.4 Å². The third-order valence-electron chi connectivity index (χ3n) is 4.98. The van der Waals surface area contributed by atoms with Crippen molar-refractivity contribution >= 4 is 21.6 Å². The summed E-state index contributed by atoms with van der Waals surface area (Å²) in [5.41, 5.74) is 1.42. The van der Waals surface area contributed by atoms with Gasteiger partial charge in [-0.05, 0) is 48.4 Å². The molecule has 1 N–H and O–H groups in total. The number of benzene rings is 3. The van der Waals surface area contributed by atoms with Gasteiger partial charge in [0.25, 0.3) is 15.9 Å². The minimum absolute atomic E-state index is 0.0613. The van der Waals surface area contributed by atoms with Crippen molar-refractivity contribution in [3.8, 4) is 5.75 Å². The summed E-state index contributed by atoms with van der Waals surface area (Å²) in [6.07, 6.45) is -0.367. The van der Waals surface area contributed by atoms with Gasteiger partial charge in [-0.15, -0.1) is 0 Å². The highest BCUT2D eigenvalue weighted by atomic mass is 32.2. The van der Waals surface area contributed by atoms with Crippen LogP contribution in [0.2, 0.25) is 0 Å². The van der Waals surface area contributed by atoms with Crippen LogP contribution in [0.5, 0.6) is 5.75 Å². The minimum atomic E-state index is -4.02. The maximum Gasteiger partial charge on any atom is 0.264 e. The highest BCUT2D eigenvalue weighted by Crippen LogP contribution is 2.36. The number of carbonyl (C=O) groups is 1. The average molecular weight is 440 g/mol. The SMILES string of the molecule is O=C(NCCc1ccccc1)[C@H]1CN(S(=O)(=O)c2ccc(F)cc2)c2ccccc2O1. The lowest BCUT2D eigenvalue weighted by atomic mass is 10.1. The standard InChI is InChI=1S/C23H21FN2O4S/c24-18-10-12-19(13-11-18)31(28,29)26-16-22(30-21-9-5-4-8-20(21)26)23(27)25-15-14-17-6-2-1-3-7-17/h1-13,22H,14-16H2,(H,25,27)/t22-/m1/s1. The summed E-state index contributed by atoms with van der Waals surface area (Å²) >= 11 is 0. The summed E-state index contributed by atoms with van der Waals surface area (Å²) in [4.78, 5) is 12.7. The fourth-order valence-electron chi connectivity index (χ4n) is 3.39. The van der Waals surface area contributed by atoms with E-state index in [2.05, 4.69) is 5.32 Å². The number of halogens is 1. The topological polar surface area (TPSA) is 75.7 Å². The molecule has 0 saturated heterocycles. The summed E-state index contributed by atoms with van der Waals surface area (Å²) in [7, 11) is -4.02. The molecule has 6 nitrogen and oxygen atoms in total. The van der Waals surface area contributed by atoms with Crippen LogP contribution in [0, 0.1) is 5.82 Å². The maximum absolute atomic E-state index is 13.3. The van der Waals surface area contributed by atoms with Crippen LogP contribution in [0.4, 0.5) is 10.1 Å². The van der Waals surface area contributed by atoms with E-state index in [1.54, 1.807) is 24.3 Å². The molecule has 0 fully saturated rings. The number of fused-ring (bicyclic) bond motifs is 1. The molecule has 0 bridgehead atoms. The van der Waals surface area contributed by atoms with Gasteiger partial charge >= 0.3 is 0 Å². The van der Waals surface area contributed by atoms with E-state index in [9.17, 15) is 17.6 Å². The van der Waals surface area contributed by atoms with Crippen molar-refractivity contribution in [3.63, 3.8) is 0 Å². The lowest BCUT2D eigenvalue weighted by molar-refractivity contribution is -0.127. The quantitative estimate of drug-likeness (QED) is 0.639. The molecular formula is C23H21FN2O4S. The van der Waals surface area contributed by atoms with Crippen LogP contribution in [-0.2, 0) is 21.2 Å². The Labute approximate surface area is 180 Å². The first-order valence-corrected chi connectivity index (χ1v) is 11.2. The van der Waals surface area contributed by atoms with Crippen molar-refractivity contribution < 1.29 is 22.3 Å². The predicted molar refractivity (Wildman–Crippen MR) is 115 cm³/mol. The Bertz CT molecular complexity index is 1170. The van der Waals surface area contributed by atoms with E-state index in [0.717, 1.165) is 22.0 Å². The molecule has 0 radical (unpaired) electrons. The largest absolute Gasteiger partial charge is 0.476 e. The molecule has 0 aromatic heterocycles. The van der Waals surface area contributed by atoms with Crippen molar-refractivity contribution in [3.05, 3.63) is 90.2 Å². The lowest BCUT2D eigenvalue weighted by Crippen LogP contribution is -2.51. The average Bonchev–Trinajstić information content (AvgIpc) is 2.79. The van der Waals surface area contributed by atoms with Crippen molar-refractivity contribution in [1.29, 1.82) is 0 Å². The van der Waals surface area contributed by atoms with Gasteiger partial charge in [0.1, 0.15) is 11.6 Å². The van der Waals surface area contributed by atoms with Crippen LogP contribution in [0.25, 0.3) is 0 Å². The van der Waals surface area contributed by atoms with Crippen LogP contribution in [0.15, 0.2) is 83.8 Å². The molecular weight excluding hydrogens is 419 g/mol. The fourth-order valence-corrected chi connectivity index (χ4v) is 4.86. The summed E-state index contributed by atoms with van der Waals surface area (Å²) in [6, 6.07) is 20.9. The second kappa shape index (κ2) is 8.77. The molecule has 0 saturated carbocycles. The van der Waals surface area contributed by atoms with Gasteiger partial charge in [-0.1, -0.05) is 42.5 Å². The zero-order valence-electron chi connectivity index (χ0n) is 16.6. The van der Waals surface area contributed by atoms with Gasteiger partial charge < -0.3 is 10.1 Å². The zero-order chi connectivity index (χ0) is 21.8. The number of para-hydroxylation sites is 2. The molecule has 0 aliphatic carbocycles. The summed E-state index contributed by atoms with van der Waals surface area (Å²) in [5, 5.41) is 2.82. The Morgan fingerprint density at radius 3 is 2.42 bits per heavy atom. The number of ether oxygens (including phenoxy) is 1. The van der Waals surface area contributed by atoms with Crippen LogP contribution in [0.3, 0.4) is 0 Å². The Kier molecular flexibility index (Phi) is 5.90. The Hall–Kier alpha value is -3.39. The Morgan fingerprint density at radius 1 is 1.00 bits per heavy atom. The molecule has 1 atom stereocenters. The number of sulfonamides is 1. The second-order valence-corrected chi connectivity index (χ2v) is 8.95. The molecule has 8 heteroatoms. The first kappa shape index (κ1) is 20.9.